The monoisotopic (exact) mass is 925 g/mol. The van der Waals surface area contributed by atoms with Crippen molar-refractivity contribution in [3.05, 3.63) is 22.7 Å². The van der Waals surface area contributed by atoms with Gasteiger partial charge in [0.05, 0.1) is 13.2 Å². The van der Waals surface area contributed by atoms with Crippen LogP contribution < -0.4 is 11.4 Å². The summed E-state index contributed by atoms with van der Waals surface area (Å²) < 4.78 is 56.5. The maximum Gasteiger partial charge on any atom is 0.481 e. The predicted octanol–water partition coefficient (Wildman–Crippen LogP) is 8.04. The zero-order valence-corrected chi connectivity index (χ0v) is 39.3. The molecule has 62 heavy (non-hydrogen) atoms. The van der Waals surface area contributed by atoms with Crippen LogP contribution in [0.2, 0.25) is 0 Å². The van der Waals surface area contributed by atoms with Gasteiger partial charge < -0.3 is 39.9 Å². The van der Waals surface area contributed by atoms with Crippen LogP contribution in [0.15, 0.2) is 17.1 Å². The minimum Gasteiger partial charge on any atom is -0.462 e. The number of aliphatic hydroxyl groups excluding tert-OH is 2. The molecule has 1 aliphatic heterocycles. The number of hydrogen-bond acceptors (Lipinski definition) is 15. The summed E-state index contributed by atoms with van der Waals surface area (Å²) in [6.07, 6.45) is 15.3. The van der Waals surface area contributed by atoms with Gasteiger partial charge in [0.15, 0.2) is 12.3 Å². The number of aliphatic hydroxyl groups is 2. The fourth-order valence-corrected chi connectivity index (χ4v) is 9.05. The zero-order chi connectivity index (χ0) is 46.0. The highest BCUT2D eigenvalue weighted by atomic mass is 31.3. The van der Waals surface area contributed by atoms with Gasteiger partial charge in [0.1, 0.15) is 30.7 Å². The first kappa shape index (κ1) is 55.9. The van der Waals surface area contributed by atoms with E-state index >= 15 is 0 Å². The maximum atomic E-state index is 12.8. The topological polar surface area (TPSA) is 265 Å². The van der Waals surface area contributed by atoms with E-state index in [1.807, 2.05) is 0 Å². The standard InChI is InChI=1S/C42H77N3O15P2/c1-5-33(4)24-20-16-13-14-18-22-26-38(47)58-34(29-55-37(46)25-21-17-12-10-8-6-7-9-11-15-19-23-32(2)3)30-56-61(51,52)60-62(53,54)57-31-35-39(48)40(49)41(59-35)45-28-27-36(43)44-42(45)50/h27-28,32-35,39-41,48-49H,5-26,29-31H2,1-4H3,(H,51,52)(H,53,54)(H2,43,44,50)/t33?,34-,35-,39+,40?,41-/m1/s1. The molecular formula is C42H77N3O15P2. The molecule has 1 aliphatic rings. The maximum absolute atomic E-state index is 12.8. The number of aromatic nitrogens is 2. The van der Waals surface area contributed by atoms with Gasteiger partial charge in [0.2, 0.25) is 0 Å². The summed E-state index contributed by atoms with van der Waals surface area (Å²) >= 11 is 0. The SMILES string of the molecule is CCC(C)CCCCCCCCC(=O)O[C@H](COC(=O)CCCCCCCCCCCCCC(C)C)COP(=O)(O)OP(=O)(O)OC[C@H]1O[C@@H](n2ccc(N)nc2=O)C(O)[C@H]1O. The quantitative estimate of drug-likeness (QED) is 0.0242. The average molecular weight is 926 g/mol. The van der Waals surface area contributed by atoms with Gasteiger partial charge in [-0.3, -0.25) is 23.2 Å². The van der Waals surface area contributed by atoms with Gasteiger partial charge in [-0.2, -0.15) is 9.29 Å². The Morgan fingerprint density at radius 1 is 0.774 bits per heavy atom. The van der Waals surface area contributed by atoms with Crippen LogP contribution in [-0.4, -0.2) is 85.7 Å². The summed E-state index contributed by atoms with van der Waals surface area (Å²) in [5, 5.41) is 20.8. The van der Waals surface area contributed by atoms with Crippen molar-refractivity contribution < 1.29 is 66.3 Å². The van der Waals surface area contributed by atoms with E-state index < -0.39 is 83.7 Å². The fourth-order valence-electron chi connectivity index (χ4n) is 6.94. The average Bonchev–Trinajstić information content (AvgIpc) is 3.48. The molecule has 20 heteroatoms. The lowest BCUT2D eigenvalue weighted by molar-refractivity contribution is -0.161. The molecule has 18 nitrogen and oxygen atoms in total. The summed E-state index contributed by atoms with van der Waals surface area (Å²) in [6, 6.07) is 1.25. The molecule has 1 fully saturated rings. The third-order valence-electron chi connectivity index (χ3n) is 10.9. The van der Waals surface area contributed by atoms with E-state index in [1.165, 1.54) is 63.9 Å². The third-order valence-corrected chi connectivity index (χ3v) is 13.5. The number of unbranched alkanes of at least 4 members (excludes halogenated alkanes) is 15. The highest BCUT2D eigenvalue weighted by Crippen LogP contribution is 2.60. The van der Waals surface area contributed by atoms with Gasteiger partial charge in [-0.05, 0) is 30.7 Å². The van der Waals surface area contributed by atoms with Crippen molar-refractivity contribution in [1.82, 2.24) is 9.55 Å². The van der Waals surface area contributed by atoms with E-state index in [9.17, 15) is 43.5 Å². The van der Waals surface area contributed by atoms with Crippen molar-refractivity contribution >= 4 is 33.4 Å². The molecule has 4 unspecified atom stereocenters. The summed E-state index contributed by atoms with van der Waals surface area (Å²) in [6.45, 7) is 6.67. The molecule has 1 saturated heterocycles. The van der Waals surface area contributed by atoms with E-state index in [0.29, 0.717) is 18.8 Å². The van der Waals surface area contributed by atoms with Crippen molar-refractivity contribution in [2.75, 3.05) is 25.6 Å². The smallest absolute Gasteiger partial charge is 0.462 e. The second kappa shape index (κ2) is 30.8. The van der Waals surface area contributed by atoms with E-state index in [0.717, 1.165) is 74.5 Å². The van der Waals surface area contributed by atoms with Crippen LogP contribution in [0.5, 0.6) is 0 Å². The van der Waals surface area contributed by atoms with E-state index in [-0.39, 0.29) is 18.7 Å². The van der Waals surface area contributed by atoms with Crippen molar-refractivity contribution in [2.24, 2.45) is 11.8 Å². The Morgan fingerprint density at radius 2 is 1.29 bits per heavy atom. The molecule has 360 valence electrons. The number of phosphoric acid groups is 2. The van der Waals surface area contributed by atoms with E-state index in [2.05, 4.69) is 37.0 Å². The first-order chi connectivity index (χ1) is 29.4. The Hall–Kier alpha value is -2.24. The molecule has 0 radical (unpaired) electrons. The molecule has 1 aromatic rings. The first-order valence-corrected chi connectivity index (χ1v) is 25.8. The van der Waals surface area contributed by atoms with Crippen molar-refractivity contribution in [3.8, 4) is 0 Å². The van der Waals surface area contributed by atoms with Gasteiger partial charge in [-0.15, -0.1) is 0 Å². The lowest BCUT2D eigenvalue weighted by Gasteiger charge is -2.21. The van der Waals surface area contributed by atoms with Crippen LogP contribution in [0.1, 0.15) is 175 Å². The van der Waals surface area contributed by atoms with Crippen molar-refractivity contribution in [3.63, 3.8) is 0 Å². The molecule has 0 saturated carbocycles. The molecule has 0 aliphatic carbocycles. The Kier molecular flexibility index (Phi) is 27.8. The van der Waals surface area contributed by atoms with E-state index in [4.69, 9.17) is 29.0 Å². The fraction of sp³-hybridized carbons (Fsp3) is 0.857. The first-order valence-electron chi connectivity index (χ1n) is 22.8. The second-order valence-corrected chi connectivity index (χ2v) is 20.0. The summed E-state index contributed by atoms with van der Waals surface area (Å²) in [5.74, 6) is 0.191. The lowest BCUT2D eigenvalue weighted by Crippen LogP contribution is -2.36. The molecule has 2 rings (SSSR count). The number of anilines is 1. The zero-order valence-electron chi connectivity index (χ0n) is 37.5. The molecule has 1 aromatic heterocycles. The second-order valence-electron chi connectivity index (χ2n) is 17.0. The number of phosphoric ester groups is 2. The summed E-state index contributed by atoms with van der Waals surface area (Å²) in [5.41, 5.74) is 4.58. The Balaban J connectivity index is 1.83. The summed E-state index contributed by atoms with van der Waals surface area (Å²) in [7, 11) is -10.8. The number of nitrogen functional groups attached to an aromatic ring is 1. The van der Waals surface area contributed by atoms with Crippen LogP contribution >= 0.6 is 15.6 Å². The molecule has 6 N–H and O–H groups in total. The molecule has 0 aromatic carbocycles. The number of ether oxygens (including phenoxy) is 3. The summed E-state index contributed by atoms with van der Waals surface area (Å²) in [4.78, 5) is 61.6. The van der Waals surface area contributed by atoms with Crippen LogP contribution in [0.25, 0.3) is 0 Å². The number of carbonyl (C=O) groups excluding carboxylic acids is 2. The number of carbonyl (C=O) groups is 2. The molecule has 0 spiro atoms. The molecule has 8 atom stereocenters. The Morgan fingerprint density at radius 3 is 1.84 bits per heavy atom. The highest BCUT2D eigenvalue weighted by molar-refractivity contribution is 7.61. The van der Waals surface area contributed by atoms with Crippen LogP contribution in [-0.2, 0) is 46.3 Å². The normalized spacial score (nSPS) is 20.7. The van der Waals surface area contributed by atoms with Crippen molar-refractivity contribution in [1.29, 1.82) is 0 Å². The molecular weight excluding hydrogens is 848 g/mol. The molecule has 2 heterocycles. The van der Waals surface area contributed by atoms with Gasteiger partial charge in [0.25, 0.3) is 0 Å². The van der Waals surface area contributed by atoms with Gasteiger partial charge in [-0.25, -0.2) is 13.9 Å². The van der Waals surface area contributed by atoms with Crippen LogP contribution in [0.3, 0.4) is 0 Å². The lowest BCUT2D eigenvalue weighted by atomic mass is 10.00. The van der Waals surface area contributed by atoms with E-state index in [1.54, 1.807) is 0 Å². The minimum absolute atomic E-state index is 0.0523. The predicted molar refractivity (Wildman–Crippen MR) is 234 cm³/mol. The Bertz CT molecular complexity index is 1570. The van der Waals surface area contributed by atoms with Gasteiger partial charge in [-0.1, -0.05) is 143 Å². The number of hydrogen-bond donors (Lipinski definition) is 5. The minimum atomic E-state index is -5.41. The van der Waals surface area contributed by atoms with Crippen LogP contribution in [0.4, 0.5) is 5.82 Å². The highest BCUT2D eigenvalue weighted by Gasteiger charge is 2.46. The van der Waals surface area contributed by atoms with Crippen LogP contribution in [0, 0.1) is 11.8 Å². The van der Waals surface area contributed by atoms with Gasteiger partial charge >= 0.3 is 33.3 Å². The number of nitrogens with two attached hydrogens (primary N) is 1. The third kappa shape index (κ3) is 24.7. The number of rotatable bonds is 36. The number of esters is 2. The number of nitrogens with zero attached hydrogens (tertiary/aromatic N) is 2. The molecule has 0 amide bonds. The molecule has 0 bridgehead atoms. The van der Waals surface area contributed by atoms with Gasteiger partial charge in [0, 0.05) is 19.0 Å². The Labute approximate surface area is 368 Å². The van der Waals surface area contributed by atoms with Crippen molar-refractivity contribution in [2.45, 2.75) is 200 Å². The largest absolute Gasteiger partial charge is 0.481 e.